The number of rotatable bonds is 7. The highest BCUT2D eigenvalue weighted by Crippen LogP contribution is 2.14. The van der Waals surface area contributed by atoms with Crippen molar-refractivity contribution in [2.45, 2.75) is 26.3 Å². The molecule has 4 N–H and O–H groups in total. The number of nitrogens with zero attached hydrogens (tertiary/aromatic N) is 2. The number of aromatic nitrogens is 3. The highest BCUT2D eigenvalue weighted by Gasteiger charge is 2.09. The first-order chi connectivity index (χ1) is 16.0. The zero-order chi connectivity index (χ0) is 23.2. The molecule has 0 aliphatic heterocycles. The molecule has 1 amide bonds. The predicted octanol–water partition coefficient (Wildman–Crippen LogP) is 3.17. The van der Waals surface area contributed by atoms with Gasteiger partial charge in [0.1, 0.15) is 5.82 Å². The number of aromatic amines is 1. The summed E-state index contributed by atoms with van der Waals surface area (Å²) >= 11 is 0. The quantitative estimate of drug-likeness (QED) is 0.409. The number of benzene rings is 1. The van der Waals surface area contributed by atoms with Gasteiger partial charge in [-0.25, -0.2) is 4.98 Å². The fraction of sp³-hybridized carbons (Fsp3) is 0.154. The lowest BCUT2D eigenvalue weighted by molar-refractivity contribution is 0.0950. The molecule has 7 heteroatoms. The molecule has 0 atom stereocenters. The first kappa shape index (κ1) is 22.0. The molecule has 4 aromatic rings. The summed E-state index contributed by atoms with van der Waals surface area (Å²) in [5, 5.41) is 2.91. The van der Waals surface area contributed by atoms with Gasteiger partial charge in [-0.3, -0.25) is 14.6 Å². The molecule has 4 rings (SSSR count). The number of hydrogen-bond donors (Lipinski definition) is 3. The number of anilines is 1. The fourth-order valence-corrected chi connectivity index (χ4v) is 3.61. The Balaban J connectivity index is 1.38. The van der Waals surface area contributed by atoms with Gasteiger partial charge in [0.2, 0.25) is 0 Å². The average Bonchev–Trinajstić information content (AvgIpc) is 2.81. The molecular formula is C26H25N5O2. The molecule has 3 heterocycles. The van der Waals surface area contributed by atoms with Crippen LogP contribution in [-0.4, -0.2) is 20.9 Å². The Bertz CT molecular complexity index is 1330. The van der Waals surface area contributed by atoms with Gasteiger partial charge in [-0.1, -0.05) is 36.4 Å². The van der Waals surface area contributed by atoms with Gasteiger partial charge < -0.3 is 16.0 Å². The van der Waals surface area contributed by atoms with Crippen LogP contribution in [0.4, 0.5) is 5.82 Å². The topological polar surface area (TPSA) is 114 Å². The minimum atomic E-state index is -0.191. The van der Waals surface area contributed by atoms with Crippen molar-refractivity contribution in [2.75, 3.05) is 5.73 Å². The third-order valence-electron chi connectivity index (χ3n) is 5.44. The van der Waals surface area contributed by atoms with Gasteiger partial charge in [0, 0.05) is 42.8 Å². The van der Waals surface area contributed by atoms with Crippen LogP contribution in [0, 0.1) is 6.92 Å². The van der Waals surface area contributed by atoms with E-state index in [0.717, 1.165) is 33.5 Å². The smallest absolute Gasteiger partial charge is 0.253 e. The second-order valence-corrected chi connectivity index (χ2v) is 7.94. The van der Waals surface area contributed by atoms with E-state index in [-0.39, 0.29) is 11.5 Å². The molecular weight excluding hydrogens is 414 g/mol. The van der Waals surface area contributed by atoms with Gasteiger partial charge in [0.05, 0.1) is 5.56 Å². The normalized spacial score (nSPS) is 10.7. The minimum Gasteiger partial charge on any atom is -0.384 e. The van der Waals surface area contributed by atoms with Crippen LogP contribution < -0.4 is 16.6 Å². The molecule has 0 spiro atoms. The number of nitrogens with two attached hydrogens (primary N) is 1. The Hall–Kier alpha value is -4.26. The predicted molar refractivity (Wildman–Crippen MR) is 128 cm³/mol. The van der Waals surface area contributed by atoms with Gasteiger partial charge in [-0.15, -0.1) is 0 Å². The van der Waals surface area contributed by atoms with Crippen LogP contribution in [-0.2, 0) is 19.4 Å². The van der Waals surface area contributed by atoms with E-state index in [1.54, 1.807) is 24.7 Å². The zero-order valence-electron chi connectivity index (χ0n) is 18.3. The summed E-state index contributed by atoms with van der Waals surface area (Å²) in [6.45, 7) is 2.23. The number of hydrogen-bond acceptors (Lipinski definition) is 5. The monoisotopic (exact) mass is 439 g/mol. The fourth-order valence-electron chi connectivity index (χ4n) is 3.61. The average molecular weight is 440 g/mol. The molecule has 33 heavy (non-hydrogen) atoms. The molecule has 1 aromatic carbocycles. The van der Waals surface area contributed by atoms with Crippen LogP contribution in [0.15, 0.2) is 78.0 Å². The van der Waals surface area contributed by atoms with Crippen molar-refractivity contribution in [3.63, 3.8) is 0 Å². The van der Waals surface area contributed by atoms with Crippen molar-refractivity contribution in [3.05, 3.63) is 123 Å². The van der Waals surface area contributed by atoms with E-state index in [1.165, 1.54) is 0 Å². The van der Waals surface area contributed by atoms with Gasteiger partial charge in [-0.2, -0.15) is 0 Å². The summed E-state index contributed by atoms with van der Waals surface area (Å²) in [5.74, 6) is 0.269. The van der Waals surface area contributed by atoms with Crippen LogP contribution >= 0.6 is 0 Å². The van der Waals surface area contributed by atoms with Gasteiger partial charge in [-0.05, 0) is 53.8 Å². The van der Waals surface area contributed by atoms with Crippen LogP contribution in [0.5, 0.6) is 0 Å². The zero-order valence-corrected chi connectivity index (χ0v) is 18.3. The lowest BCUT2D eigenvalue weighted by Gasteiger charge is -2.09. The van der Waals surface area contributed by atoms with Crippen molar-refractivity contribution in [1.82, 2.24) is 20.3 Å². The number of amides is 1. The van der Waals surface area contributed by atoms with Crippen LogP contribution in [0.3, 0.4) is 0 Å². The summed E-state index contributed by atoms with van der Waals surface area (Å²) in [7, 11) is 0. The first-order valence-electron chi connectivity index (χ1n) is 10.7. The van der Waals surface area contributed by atoms with Crippen LogP contribution in [0.2, 0.25) is 0 Å². The minimum absolute atomic E-state index is 0.0643. The number of nitrogens with one attached hydrogen (secondary N) is 2. The highest BCUT2D eigenvalue weighted by molar-refractivity contribution is 5.94. The second-order valence-electron chi connectivity index (χ2n) is 7.94. The standard InChI is InChI=1S/C26H25N5O2/c1-17-22(8-9-24(27)31-17)16-30-26(33)23-13-20(14-28-15-23)11-18-4-6-19(7-5-18)12-21-3-2-10-29-25(21)32/h2-10,13-15H,11-12,16H2,1H3,(H2,27,31)(H,29,32)(H,30,33). The van der Waals surface area contributed by atoms with E-state index in [4.69, 9.17) is 5.73 Å². The molecule has 0 saturated heterocycles. The number of nitrogen functional groups attached to an aromatic ring is 1. The van der Waals surface area contributed by atoms with Crippen molar-refractivity contribution in [1.29, 1.82) is 0 Å². The van der Waals surface area contributed by atoms with E-state index in [1.807, 2.05) is 55.5 Å². The molecule has 7 nitrogen and oxygen atoms in total. The summed E-state index contributed by atoms with van der Waals surface area (Å²) in [5.41, 5.74) is 11.7. The molecule has 0 fully saturated rings. The molecule has 0 bridgehead atoms. The number of pyridine rings is 3. The van der Waals surface area contributed by atoms with Crippen molar-refractivity contribution >= 4 is 11.7 Å². The van der Waals surface area contributed by atoms with Gasteiger partial charge in [0.25, 0.3) is 11.5 Å². The molecule has 0 aliphatic rings. The third-order valence-corrected chi connectivity index (χ3v) is 5.44. The van der Waals surface area contributed by atoms with Crippen LogP contribution in [0.25, 0.3) is 0 Å². The van der Waals surface area contributed by atoms with Crippen LogP contribution in [0.1, 0.15) is 43.9 Å². The molecule has 0 aliphatic carbocycles. The van der Waals surface area contributed by atoms with E-state index < -0.39 is 0 Å². The van der Waals surface area contributed by atoms with E-state index in [2.05, 4.69) is 20.3 Å². The molecule has 3 aromatic heterocycles. The number of H-pyrrole nitrogens is 1. The Labute approximate surface area is 191 Å². The molecule has 0 saturated carbocycles. The lowest BCUT2D eigenvalue weighted by atomic mass is 10.0. The van der Waals surface area contributed by atoms with Crippen molar-refractivity contribution < 1.29 is 4.79 Å². The Morgan fingerprint density at radius 3 is 2.45 bits per heavy atom. The molecule has 0 radical (unpaired) electrons. The number of carbonyl (C=O) groups excluding carboxylic acids is 1. The van der Waals surface area contributed by atoms with E-state index in [9.17, 15) is 9.59 Å². The summed E-state index contributed by atoms with van der Waals surface area (Å²) < 4.78 is 0. The van der Waals surface area contributed by atoms with Crippen molar-refractivity contribution in [2.24, 2.45) is 0 Å². The highest BCUT2D eigenvalue weighted by atomic mass is 16.1. The maximum atomic E-state index is 12.6. The number of aryl methyl sites for hydroxylation is 1. The van der Waals surface area contributed by atoms with E-state index in [0.29, 0.717) is 30.8 Å². The first-order valence-corrected chi connectivity index (χ1v) is 10.7. The summed E-state index contributed by atoms with van der Waals surface area (Å²) in [6, 6.07) is 17.2. The molecule has 166 valence electrons. The molecule has 0 unspecified atom stereocenters. The lowest BCUT2D eigenvalue weighted by Crippen LogP contribution is -2.23. The SMILES string of the molecule is Cc1nc(N)ccc1CNC(=O)c1cncc(Cc2ccc(Cc3ccc[nH]c3=O)cc2)c1. The van der Waals surface area contributed by atoms with Gasteiger partial charge >= 0.3 is 0 Å². The Kier molecular flexibility index (Phi) is 6.59. The maximum Gasteiger partial charge on any atom is 0.253 e. The summed E-state index contributed by atoms with van der Waals surface area (Å²) in [6.07, 6.45) is 6.20. The third kappa shape index (κ3) is 5.71. The Morgan fingerprint density at radius 2 is 1.73 bits per heavy atom. The van der Waals surface area contributed by atoms with Gasteiger partial charge in [0.15, 0.2) is 0 Å². The maximum absolute atomic E-state index is 12.6. The summed E-state index contributed by atoms with van der Waals surface area (Å²) in [4.78, 5) is 35.7. The van der Waals surface area contributed by atoms with E-state index >= 15 is 0 Å². The Morgan fingerprint density at radius 1 is 0.970 bits per heavy atom. The number of carbonyl (C=O) groups is 1. The van der Waals surface area contributed by atoms with Crippen molar-refractivity contribution in [3.8, 4) is 0 Å². The largest absolute Gasteiger partial charge is 0.384 e. The second kappa shape index (κ2) is 9.91.